The Hall–Kier alpha value is -1.89. The minimum Gasteiger partial charge on any atom is -0.497 e. The van der Waals surface area contributed by atoms with Crippen LogP contribution in [0.1, 0.15) is 0 Å². The summed E-state index contributed by atoms with van der Waals surface area (Å²) in [5.41, 5.74) is 0.808. The predicted octanol–water partition coefficient (Wildman–Crippen LogP) is 1.64. The average molecular weight is 192 g/mol. The fraction of sp³-hybridized carbons (Fsp3) is 0.300. The van der Waals surface area contributed by atoms with Gasteiger partial charge in [0, 0.05) is 23.9 Å². The molecule has 1 rings (SSSR count). The maximum Gasteiger partial charge on any atom is 0.124 e. The van der Waals surface area contributed by atoms with Gasteiger partial charge in [0.15, 0.2) is 0 Å². The Morgan fingerprint density at radius 2 is 1.79 bits per heavy atom. The smallest absolute Gasteiger partial charge is 0.124 e. The van der Waals surface area contributed by atoms with Gasteiger partial charge in [0.1, 0.15) is 18.0 Å². The second-order valence-electron chi connectivity index (χ2n) is 2.61. The van der Waals surface area contributed by atoms with Gasteiger partial charge < -0.3 is 14.8 Å². The SMILES string of the molecule is COc1cc(NCC#N)cc(OC)c1. The molecular formula is C10H12N2O2. The first-order valence-corrected chi connectivity index (χ1v) is 4.14. The van der Waals surface area contributed by atoms with Gasteiger partial charge in [-0.1, -0.05) is 0 Å². The van der Waals surface area contributed by atoms with Crippen molar-refractivity contribution in [3.8, 4) is 17.6 Å². The molecule has 14 heavy (non-hydrogen) atoms. The van der Waals surface area contributed by atoms with Gasteiger partial charge in [0.2, 0.25) is 0 Å². The van der Waals surface area contributed by atoms with Crippen molar-refractivity contribution in [2.24, 2.45) is 0 Å². The van der Waals surface area contributed by atoms with Crippen molar-refractivity contribution >= 4 is 5.69 Å². The van der Waals surface area contributed by atoms with Crippen LogP contribution < -0.4 is 14.8 Å². The molecule has 0 saturated heterocycles. The monoisotopic (exact) mass is 192 g/mol. The van der Waals surface area contributed by atoms with Crippen molar-refractivity contribution in [2.45, 2.75) is 0 Å². The lowest BCUT2D eigenvalue weighted by Gasteiger charge is -2.08. The lowest BCUT2D eigenvalue weighted by Crippen LogP contribution is -1.99. The molecule has 0 atom stereocenters. The number of anilines is 1. The van der Waals surface area contributed by atoms with Crippen LogP contribution in [0.4, 0.5) is 5.69 Å². The summed E-state index contributed by atoms with van der Waals surface area (Å²) >= 11 is 0. The van der Waals surface area contributed by atoms with Crippen LogP contribution in [0.2, 0.25) is 0 Å². The Kier molecular flexibility index (Phi) is 3.62. The molecular weight excluding hydrogens is 180 g/mol. The molecule has 0 spiro atoms. The van der Waals surface area contributed by atoms with Gasteiger partial charge in [-0.15, -0.1) is 0 Å². The fourth-order valence-corrected chi connectivity index (χ4v) is 1.05. The van der Waals surface area contributed by atoms with Crippen LogP contribution in [0, 0.1) is 11.3 Å². The summed E-state index contributed by atoms with van der Waals surface area (Å²) in [6, 6.07) is 7.38. The van der Waals surface area contributed by atoms with Crippen molar-refractivity contribution < 1.29 is 9.47 Å². The summed E-state index contributed by atoms with van der Waals surface area (Å²) < 4.78 is 10.1. The van der Waals surface area contributed by atoms with Crippen LogP contribution in [0.3, 0.4) is 0 Å². The summed E-state index contributed by atoms with van der Waals surface area (Å²) in [5.74, 6) is 1.40. The number of nitrogens with one attached hydrogen (secondary N) is 1. The minimum atomic E-state index is 0.260. The standard InChI is InChI=1S/C10H12N2O2/c1-13-9-5-8(12-4-3-11)6-10(7-9)14-2/h5-7,12H,4H2,1-2H3. The summed E-state index contributed by atoms with van der Waals surface area (Å²) in [5, 5.41) is 11.3. The van der Waals surface area contributed by atoms with Gasteiger partial charge in [-0.3, -0.25) is 0 Å². The molecule has 0 bridgehead atoms. The zero-order valence-corrected chi connectivity index (χ0v) is 8.20. The van der Waals surface area contributed by atoms with Crippen molar-refractivity contribution in [3.63, 3.8) is 0 Å². The Bertz CT molecular complexity index is 322. The summed E-state index contributed by atoms with van der Waals surface area (Å²) in [6.45, 7) is 0.260. The second-order valence-corrected chi connectivity index (χ2v) is 2.61. The van der Waals surface area contributed by atoms with Crippen LogP contribution in [0.15, 0.2) is 18.2 Å². The summed E-state index contributed by atoms with van der Waals surface area (Å²) in [6.07, 6.45) is 0. The van der Waals surface area contributed by atoms with E-state index in [0.717, 1.165) is 5.69 Å². The van der Waals surface area contributed by atoms with E-state index in [2.05, 4.69) is 5.32 Å². The molecule has 0 heterocycles. The minimum absolute atomic E-state index is 0.260. The fourth-order valence-electron chi connectivity index (χ4n) is 1.05. The average Bonchev–Trinajstić information content (AvgIpc) is 2.25. The zero-order valence-electron chi connectivity index (χ0n) is 8.20. The maximum absolute atomic E-state index is 8.41. The zero-order chi connectivity index (χ0) is 10.4. The number of hydrogen-bond donors (Lipinski definition) is 1. The van der Waals surface area contributed by atoms with Gasteiger partial charge in [-0.05, 0) is 0 Å². The third-order valence-electron chi connectivity index (χ3n) is 1.72. The highest BCUT2D eigenvalue weighted by molar-refractivity contribution is 5.54. The molecule has 0 saturated carbocycles. The highest BCUT2D eigenvalue weighted by Crippen LogP contribution is 2.25. The lowest BCUT2D eigenvalue weighted by molar-refractivity contribution is 0.394. The molecule has 0 fully saturated rings. The Balaban J connectivity index is 2.87. The number of rotatable bonds is 4. The first-order chi connectivity index (χ1) is 6.80. The Labute approximate surface area is 83.1 Å². The first kappa shape index (κ1) is 10.2. The third kappa shape index (κ3) is 2.56. The number of nitrogens with zero attached hydrogens (tertiary/aromatic N) is 1. The highest BCUT2D eigenvalue weighted by Gasteiger charge is 2.00. The molecule has 74 valence electrons. The van der Waals surface area contributed by atoms with E-state index in [1.807, 2.05) is 6.07 Å². The molecule has 0 aromatic heterocycles. The third-order valence-corrected chi connectivity index (χ3v) is 1.72. The van der Waals surface area contributed by atoms with E-state index in [1.54, 1.807) is 32.4 Å². The number of ether oxygens (including phenoxy) is 2. The topological polar surface area (TPSA) is 54.3 Å². The van der Waals surface area contributed by atoms with Gasteiger partial charge in [0.05, 0.1) is 20.3 Å². The predicted molar refractivity (Wildman–Crippen MR) is 53.6 cm³/mol. The van der Waals surface area contributed by atoms with Gasteiger partial charge in [-0.2, -0.15) is 5.26 Å². The van der Waals surface area contributed by atoms with Crippen LogP contribution in [0.5, 0.6) is 11.5 Å². The Morgan fingerprint density at radius 3 is 2.21 bits per heavy atom. The van der Waals surface area contributed by atoms with E-state index in [4.69, 9.17) is 14.7 Å². The van der Waals surface area contributed by atoms with Gasteiger partial charge >= 0.3 is 0 Å². The molecule has 0 aliphatic carbocycles. The van der Waals surface area contributed by atoms with E-state index in [0.29, 0.717) is 11.5 Å². The Morgan fingerprint density at radius 1 is 1.21 bits per heavy atom. The lowest BCUT2D eigenvalue weighted by atomic mass is 10.3. The first-order valence-electron chi connectivity index (χ1n) is 4.14. The number of methoxy groups -OCH3 is 2. The van der Waals surface area contributed by atoms with Gasteiger partial charge in [-0.25, -0.2) is 0 Å². The van der Waals surface area contributed by atoms with E-state index >= 15 is 0 Å². The maximum atomic E-state index is 8.41. The molecule has 1 aromatic rings. The molecule has 4 heteroatoms. The molecule has 0 amide bonds. The van der Waals surface area contributed by atoms with E-state index < -0.39 is 0 Å². The largest absolute Gasteiger partial charge is 0.497 e. The number of benzene rings is 1. The molecule has 0 aliphatic rings. The highest BCUT2D eigenvalue weighted by atomic mass is 16.5. The molecule has 0 radical (unpaired) electrons. The van der Waals surface area contributed by atoms with Gasteiger partial charge in [0.25, 0.3) is 0 Å². The molecule has 1 N–H and O–H groups in total. The number of hydrogen-bond acceptors (Lipinski definition) is 4. The van der Waals surface area contributed by atoms with Crippen LogP contribution in [-0.4, -0.2) is 20.8 Å². The van der Waals surface area contributed by atoms with Crippen LogP contribution in [0.25, 0.3) is 0 Å². The molecule has 0 aliphatic heterocycles. The van der Waals surface area contributed by atoms with Crippen molar-refractivity contribution in [2.75, 3.05) is 26.1 Å². The van der Waals surface area contributed by atoms with E-state index in [-0.39, 0.29) is 6.54 Å². The van der Waals surface area contributed by atoms with E-state index in [1.165, 1.54) is 0 Å². The quantitative estimate of drug-likeness (QED) is 0.737. The van der Waals surface area contributed by atoms with Crippen LogP contribution in [-0.2, 0) is 0 Å². The van der Waals surface area contributed by atoms with Crippen LogP contribution >= 0.6 is 0 Å². The van der Waals surface area contributed by atoms with Crippen molar-refractivity contribution in [3.05, 3.63) is 18.2 Å². The second kappa shape index (κ2) is 4.97. The molecule has 1 aromatic carbocycles. The number of nitriles is 1. The summed E-state index contributed by atoms with van der Waals surface area (Å²) in [4.78, 5) is 0. The molecule has 0 unspecified atom stereocenters. The summed E-state index contributed by atoms with van der Waals surface area (Å²) in [7, 11) is 3.17. The van der Waals surface area contributed by atoms with Crippen molar-refractivity contribution in [1.29, 1.82) is 5.26 Å². The van der Waals surface area contributed by atoms with E-state index in [9.17, 15) is 0 Å². The molecule has 4 nitrogen and oxygen atoms in total. The van der Waals surface area contributed by atoms with Crippen molar-refractivity contribution in [1.82, 2.24) is 0 Å². The normalized spacial score (nSPS) is 8.93.